The molecule has 0 aromatic heterocycles. The second-order valence-electron chi connectivity index (χ2n) is 4.96. The summed E-state index contributed by atoms with van der Waals surface area (Å²) in [6.07, 6.45) is 6.67. The fourth-order valence-corrected chi connectivity index (χ4v) is 3.03. The molecule has 1 aromatic rings. The third-order valence-corrected chi connectivity index (χ3v) is 4.25. The lowest BCUT2D eigenvalue weighted by atomic mass is 9.89. The highest BCUT2D eigenvalue weighted by Gasteiger charge is 2.13. The Bertz CT molecular complexity index is 445. The third kappa shape index (κ3) is 4.83. The van der Waals surface area contributed by atoms with E-state index in [4.69, 9.17) is 35.4 Å². The van der Waals surface area contributed by atoms with Crippen molar-refractivity contribution < 1.29 is 0 Å². The SMILES string of the molecule is S=C(NCC1CCCCC1)Nc1ccc(Cl)cc1Cl. The second-order valence-corrected chi connectivity index (χ2v) is 6.22. The minimum Gasteiger partial charge on any atom is -0.362 e. The molecule has 19 heavy (non-hydrogen) atoms. The molecule has 1 saturated carbocycles. The first kappa shape index (κ1) is 14.9. The Kier molecular flexibility index (Phi) is 5.74. The molecule has 2 nitrogen and oxygen atoms in total. The molecule has 1 aliphatic rings. The molecule has 104 valence electrons. The summed E-state index contributed by atoms with van der Waals surface area (Å²) in [4.78, 5) is 0. The van der Waals surface area contributed by atoms with Crippen molar-refractivity contribution in [3.05, 3.63) is 28.2 Å². The van der Waals surface area contributed by atoms with Gasteiger partial charge in [-0.3, -0.25) is 0 Å². The number of anilines is 1. The first-order chi connectivity index (χ1) is 9.15. The van der Waals surface area contributed by atoms with Gasteiger partial charge >= 0.3 is 0 Å². The van der Waals surface area contributed by atoms with E-state index in [-0.39, 0.29) is 0 Å². The maximum Gasteiger partial charge on any atom is 0.170 e. The van der Waals surface area contributed by atoms with Crippen molar-refractivity contribution in [3.8, 4) is 0 Å². The van der Waals surface area contributed by atoms with Crippen LogP contribution in [0.3, 0.4) is 0 Å². The number of rotatable bonds is 3. The zero-order valence-electron chi connectivity index (χ0n) is 10.7. The number of thiocarbonyl (C=S) groups is 1. The van der Waals surface area contributed by atoms with Crippen molar-refractivity contribution >= 4 is 46.2 Å². The summed E-state index contributed by atoms with van der Waals surface area (Å²) in [5.41, 5.74) is 0.784. The van der Waals surface area contributed by atoms with Gasteiger partial charge in [-0.25, -0.2) is 0 Å². The predicted octanol–water partition coefficient (Wildman–Crippen LogP) is 4.86. The van der Waals surface area contributed by atoms with Gasteiger partial charge in [0.15, 0.2) is 5.11 Å². The number of benzene rings is 1. The molecule has 0 aliphatic heterocycles. The van der Waals surface area contributed by atoms with E-state index in [9.17, 15) is 0 Å². The predicted molar refractivity (Wildman–Crippen MR) is 87.3 cm³/mol. The highest BCUT2D eigenvalue weighted by molar-refractivity contribution is 7.80. The van der Waals surface area contributed by atoms with Crippen LogP contribution in [0, 0.1) is 5.92 Å². The van der Waals surface area contributed by atoms with Gasteiger partial charge in [-0.05, 0) is 49.2 Å². The van der Waals surface area contributed by atoms with Gasteiger partial charge in [0, 0.05) is 11.6 Å². The fourth-order valence-electron chi connectivity index (χ4n) is 2.39. The van der Waals surface area contributed by atoms with Crippen molar-refractivity contribution in [3.63, 3.8) is 0 Å². The maximum atomic E-state index is 6.09. The summed E-state index contributed by atoms with van der Waals surface area (Å²) in [6.45, 7) is 0.942. The van der Waals surface area contributed by atoms with Crippen LogP contribution in [0.1, 0.15) is 32.1 Å². The second kappa shape index (κ2) is 7.32. The Morgan fingerprint density at radius 2 is 1.95 bits per heavy atom. The molecule has 0 saturated heterocycles. The van der Waals surface area contributed by atoms with Gasteiger partial charge in [0.1, 0.15) is 0 Å². The summed E-state index contributed by atoms with van der Waals surface area (Å²) in [7, 11) is 0. The van der Waals surface area contributed by atoms with E-state index >= 15 is 0 Å². The van der Waals surface area contributed by atoms with Crippen LogP contribution in [-0.4, -0.2) is 11.7 Å². The first-order valence-corrected chi connectivity index (χ1v) is 7.81. The molecule has 1 aliphatic carbocycles. The van der Waals surface area contributed by atoms with Crippen LogP contribution in [0.5, 0.6) is 0 Å². The van der Waals surface area contributed by atoms with Gasteiger partial charge in [-0.15, -0.1) is 0 Å². The molecule has 5 heteroatoms. The van der Waals surface area contributed by atoms with Crippen LogP contribution < -0.4 is 10.6 Å². The topological polar surface area (TPSA) is 24.1 Å². The van der Waals surface area contributed by atoms with E-state index in [0.29, 0.717) is 15.2 Å². The minimum atomic E-state index is 0.578. The molecular weight excluding hydrogens is 299 g/mol. The lowest BCUT2D eigenvalue weighted by Gasteiger charge is -2.22. The number of hydrogen-bond donors (Lipinski definition) is 2. The molecule has 0 spiro atoms. The van der Waals surface area contributed by atoms with Gasteiger partial charge in [-0.1, -0.05) is 42.5 Å². The Hall–Kier alpha value is -0.510. The first-order valence-electron chi connectivity index (χ1n) is 6.65. The van der Waals surface area contributed by atoms with Crippen LogP contribution in [0.25, 0.3) is 0 Å². The van der Waals surface area contributed by atoms with Crippen molar-refractivity contribution in [2.45, 2.75) is 32.1 Å². The average Bonchev–Trinajstić information content (AvgIpc) is 2.41. The molecule has 0 atom stereocenters. The van der Waals surface area contributed by atoms with Gasteiger partial charge in [0.25, 0.3) is 0 Å². The summed E-state index contributed by atoms with van der Waals surface area (Å²) >= 11 is 17.2. The standard InChI is InChI=1S/C14H18Cl2N2S/c15-11-6-7-13(12(16)8-11)18-14(19)17-9-10-4-2-1-3-5-10/h6-8,10H,1-5,9H2,(H2,17,18,19). The van der Waals surface area contributed by atoms with Crippen LogP contribution in [0.2, 0.25) is 10.0 Å². The van der Waals surface area contributed by atoms with Gasteiger partial charge < -0.3 is 10.6 Å². The van der Waals surface area contributed by atoms with E-state index in [1.165, 1.54) is 32.1 Å². The van der Waals surface area contributed by atoms with E-state index in [0.717, 1.165) is 18.2 Å². The Balaban J connectivity index is 1.80. The molecule has 0 unspecified atom stereocenters. The summed E-state index contributed by atoms with van der Waals surface area (Å²) in [5, 5.41) is 8.20. The zero-order chi connectivity index (χ0) is 13.7. The van der Waals surface area contributed by atoms with Gasteiger partial charge in [-0.2, -0.15) is 0 Å². The smallest absolute Gasteiger partial charge is 0.170 e. The van der Waals surface area contributed by atoms with E-state index in [2.05, 4.69) is 10.6 Å². The van der Waals surface area contributed by atoms with Crippen LogP contribution in [-0.2, 0) is 0 Å². The molecular formula is C14H18Cl2N2S. The summed E-state index contributed by atoms with van der Waals surface area (Å²) < 4.78 is 0. The molecule has 2 rings (SSSR count). The summed E-state index contributed by atoms with van der Waals surface area (Å²) in [6, 6.07) is 5.33. The normalized spacial score (nSPS) is 16.1. The van der Waals surface area contributed by atoms with Crippen molar-refractivity contribution in [1.82, 2.24) is 5.32 Å². The molecule has 0 radical (unpaired) electrons. The monoisotopic (exact) mass is 316 g/mol. The van der Waals surface area contributed by atoms with Crippen LogP contribution in [0.15, 0.2) is 18.2 Å². The summed E-state index contributed by atoms with van der Waals surface area (Å²) in [5.74, 6) is 0.745. The van der Waals surface area contributed by atoms with Crippen molar-refractivity contribution in [1.29, 1.82) is 0 Å². The average molecular weight is 317 g/mol. The maximum absolute atomic E-state index is 6.09. The molecule has 0 amide bonds. The van der Waals surface area contributed by atoms with Gasteiger partial charge in [0.05, 0.1) is 10.7 Å². The molecule has 0 heterocycles. The van der Waals surface area contributed by atoms with E-state index in [1.54, 1.807) is 12.1 Å². The number of nitrogens with one attached hydrogen (secondary N) is 2. The van der Waals surface area contributed by atoms with Gasteiger partial charge in [0.2, 0.25) is 0 Å². The highest BCUT2D eigenvalue weighted by atomic mass is 35.5. The lowest BCUT2D eigenvalue weighted by molar-refractivity contribution is 0.357. The number of hydrogen-bond acceptors (Lipinski definition) is 1. The lowest BCUT2D eigenvalue weighted by Crippen LogP contribution is -2.33. The molecule has 1 fully saturated rings. The van der Waals surface area contributed by atoms with E-state index < -0.39 is 0 Å². The van der Waals surface area contributed by atoms with Crippen LogP contribution in [0.4, 0.5) is 5.69 Å². The highest BCUT2D eigenvalue weighted by Crippen LogP contribution is 2.25. The van der Waals surface area contributed by atoms with Crippen LogP contribution >= 0.6 is 35.4 Å². The van der Waals surface area contributed by atoms with Crippen molar-refractivity contribution in [2.75, 3.05) is 11.9 Å². The Morgan fingerprint density at radius 3 is 2.63 bits per heavy atom. The minimum absolute atomic E-state index is 0.578. The molecule has 2 N–H and O–H groups in total. The Morgan fingerprint density at radius 1 is 1.21 bits per heavy atom. The zero-order valence-corrected chi connectivity index (χ0v) is 13.0. The van der Waals surface area contributed by atoms with Crippen molar-refractivity contribution in [2.24, 2.45) is 5.92 Å². The third-order valence-electron chi connectivity index (χ3n) is 3.46. The Labute approximate surface area is 129 Å². The molecule has 1 aromatic carbocycles. The fraction of sp³-hybridized carbons (Fsp3) is 0.500. The van der Waals surface area contributed by atoms with E-state index in [1.807, 2.05) is 6.07 Å². The largest absolute Gasteiger partial charge is 0.362 e. The quantitative estimate of drug-likeness (QED) is 0.779. The molecule has 0 bridgehead atoms. The number of halogens is 2.